The predicted octanol–water partition coefficient (Wildman–Crippen LogP) is 2.61. The van der Waals surface area contributed by atoms with Gasteiger partial charge < -0.3 is 24.9 Å². The highest BCUT2D eigenvalue weighted by molar-refractivity contribution is 7.92. The molecule has 4 aromatic rings. The second-order valence-electron chi connectivity index (χ2n) is 9.91. The highest BCUT2D eigenvalue weighted by atomic mass is 32.2. The van der Waals surface area contributed by atoms with Gasteiger partial charge in [-0.3, -0.25) is 9.10 Å². The lowest BCUT2D eigenvalue weighted by Crippen LogP contribution is -2.34. The number of amides is 1. The number of carbonyl (C=O) groups excluding carboxylic acids is 1. The molecule has 0 spiro atoms. The number of aliphatic hydroxyl groups is 1. The molecule has 0 aliphatic heterocycles. The molecule has 40 heavy (non-hydrogen) atoms. The van der Waals surface area contributed by atoms with Crippen LogP contribution in [0.1, 0.15) is 45.8 Å². The lowest BCUT2D eigenvalue weighted by molar-refractivity contribution is 0.0964. The van der Waals surface area contributed by atoms with Gasteiger partial charge >= 0.3 is 7.12 Å². The number of hydrogen-bond acceptors (Lipinski definition) is 7. The van der Waals surface area contributed by atoms with E-state index in [2.05, 4.69) is 5.32 Å². The minimum absolute atomic E-state index is 0.0882. The summed E-state index contributed by atoms with van der Waals surface area (Å²) in [4.78, 5) is 13.0. The van der Waals surface area contributed by atoms with Crippen LogP contribution in [-0.2, 0) is 23.2 Å². The molecular weight excluding hydrogens is 538 g/mol. The summed E-state index contributed by atoms with van der Waals surface area (Å²) in [6.07, 6.45) is 2.80. The number of aliphatic hydroxyl groups excluding tert-OH is 1. The molecule has 0 saturated heterocycles. The van der Waals surface area contributed by atoms with Crippen LogP contribution in [0.25, 0.3) is 22.3 Å². The van der Waals surface area contributed by atoms with Crippen molar-refractivity contribution >= 4 is 45.2 Å². The molecule has 0 unspecified atom stereocenters. The van der Waals surface area contributed by atoms with Crippen molar-refractivity contribution in [3.8, 4) is 11.3 Å². The smallest absolute Gasteiger partial charge is 0.455 e. The molecule has 0 radical (unpaired) electrons. The highest BCUT2D eigenvalue weighted by Gasteiger charge is 2.33. The second kappa shape index (κ2) is 10.7. The van der Waals surface area contributed by atoms with Crippen LogP contribution in [0.15, 0.2) is 59.0 Å². The number of anilines is 1. The van der Waals surface area contributed by atoms with Gasteiger partial charge in [0.1, 0.15) is 17.2 Å². The third-order valence-electron chi connectivity index (χ3n) is 7.07. The lowest BCUT2D eigenvalue weighted by atomic mass is 9.76. The van der Waals surface area contributed by atoms with Crippen LogP contribution in [0.2, 0.25) is 0 Å². The fourth-order valence-corrected chi connectivity index (χ4v) is 5.83. The molecule has 1 aliphatic rings. The minimum Gasteiger partial charge on any atom is -0.455 e. The zero-order valence-electron chi connectivity index (χ0n) is 21.9. The quantitative estimate of drug-likeness (QED) is 0.229. The molecule has 1 saturated carbocycles. The Morgan fingerprint density at radius 2 is 1.82 bits per heavy atom. The number of hydrogen-bond donors (Lipinski definition) is 4. The maximum atomic E-state index is 13.6. The number of carbonyl (C=O) groups is 1. The van der Waals surface area contributed by atoms with Gasteiger partial charge in [-0.05, 0) is 71.2 Å². The first-order valence-electron chi connectivity index (χ1n) is 12.7. The monoisotopic (exact) mass is 566 g/mol. The predicted molar refractivity (Wildman–Crippen MR) is 150 cm³/mol. The number of benzene rings is 3. The molecule has 3 aromatic carbocycles. The zero-order chi connectivity index (χ0) is 28.8. The van der Waals surface area contributed by atoms with Crippen molar-refractivity contribution < 1.29 is 37.2 Å². The maximum Gasteiger partial charge on any atom is 0.488 e. The van der Waals surface area contributed by atoms with E-state index >= 15 is 0 Å². The summed E-state index contributed by atoms with van der Waals surface area (Å²) in [6, 6.07) is 13.5. The minimum atomic E-state index is -3.83. The Balaban J connectivity index is 1.69. The molecular formula is C28H28BFN2O7S. The number of nitrogens with zero attached hydrogens (tertiary/aromatic N) is 1. The molecule has 1 aromatic heterocycles. The van der Waals surface area contributed by atoms with Gasteiger partial charge in [0.15, 0.2) is 0 Å². The standard InChI is InChI=1S/C28H28BFN2O7S/c1-31-28(34)26-22-12-21(17-4-5-17)24(13-25(22)39-27(26)18-6-8-20(30)9-7-18)32(40(2,37)38)14-16-3-10-23(29(35)36)19(11-16)15-33/h3,6-13,17,33,35-36H,4-5,14-15H2,1-2H3,(H,31,34). The number of rotatable bonds is 9. The summed E-state index contributed by atoms with van der Waals surface area (Å²) >= 11 is 0. The first-order chi connectivity index (χ1) is 19.0. The van der Waals surface area contributed by atoms with Crippen molar-refractivity contribution in [2.45, 2.75) is 31.9 Å². The Bertz CT molecular complexity index is 1700. The van der Waals surface area contributed by atoms with Gasteiger partial charge in [-0.15, -0.1) is 0 Å². The van der Waals surface area contributed by atoms with Crippen molar-refractivity contribution in [1.82, 2.24) is 5.32 Å². The van der Waals surface area contributed by atoms with Gasteiger partial charge in [0, 0.05) is 24.1 Å². The molecule has 1 amide bonds. The molecule has 1 aliphatic carbocycles. The Morgan fingerprint density at radius 1 is 1.12 bits per heavy atom. The normalized spacial score (nSPS) is 13.4. The maximum absolute atomic E-state index is 13.6. The molecule has 9 nitrogen and oxygen atoms in total. The van der Waals surface area contributed by atoms with E-state index < -0.39 is 35.5 Å². The van der Waals surface area contributed by atoms with Crippen LogP contribution in [0.4, 0.5) is 10.1 Å². The van der Waals surface area contributed by atoms with Gasteiger partial charge in [-0.1, -0.05) is 18.2 Å². The van der Waals surface area contributed by atoms with Crippen molar-refractivity contribution in [3.63, 3.8) is 0 Å². The van der Waals surface area contributed by atoms with Gasteiger partial charge in [-0.2, -0.15) is 0 Å². The summed E-state index contributed by atoms with van der Waals surface area (Å²) in [7, 11) is -4.11. The molecule has 4 N–H and O–H groups in total. The summed E-state index contributed by atoms with van der Waals surface area (Å²) in [5.74, 6) is -0.500. The van der Waals surface area contributed by atoms with Crippen molar-refractivity contribution in [2.75, 3.05) is 17.6 Å². The summed E-state index contributed by atoms with van der Waals surface area (Å²) in [6.45, 7) is -0.549. The third kappa shape index (κ3) is 5.35. The van der Waals surface area contributed by atoms with Crippen LogP contribution >= 0.6 is 0 Å². The lowest BCUT2D eigenvalue weighted by Gasteiger charge is -2.26. The van der Waals surface area contributed by atoms with E-state index in [1.54, 1.807) is 18.2 Å². The largest absolute Gasteiger partial charge is 0.488 e. The fraction of sp³-hybridized carbons (Fsp3) is 0.250. The Labute approximate surface area is 231 Å². The number of sulfonamides is 1. The van der Waals surface area contributed by atoms with Gasteiger partial charge in [-0.25, -0.2) is 12.8 Å². The third-order valence-corrected chi connectivity index (χ3v) is 8.19. The van der Waals surface area contributed by atoms with Crippen LogP contribution in [0, 0.1) is 5.82 Å². The number of nitrogens with one attached hydrogen (secondary N) is 1. The second-order valence-corrected chi connectivity index (χ2v) is 11.8. The molecule has 5 rings (SSSR count). The van der Waals surface area contributed by atoms with E-state index in [1.165, 1.54) is 47.8 Å². The molecule has 0 bridgehead atoms. The molecule has 208 valence electrons. The van der Waals surface area contributed by atoms with Crippen LogP contribution in [0.5, 0.6) is 0 Å². The molecule has 1 fully saturated rings. The van der Waals surface area contributed by atoms with E-state index in [9.17, 15) is 32.8 Å². The Hall–Kier alpha value is -3.71. The average Bonchev–Trinajstić information content (AvgIpc) is 3.70. The Morgan fingerprint density at radius 3 is 2.40 bits per heavy atom. The number of furan rings is 1. The highest BCUT2D eigenvalue weighted by Crippen LogP contribution is 2.48. The van der Waals surface area contributed by atoms with Gasteiger partial charge in [0.2, 0.25) is 10.0 Å². The average molecular weight is 566 g/mol. The van der Waals surface area contributed by atoms with E-state index in [1.807, 2.05) is 0 Å². The van der Waals surface area contributed by atoms with E-state index in [0.717, 1.165) is 24.7 Å². The summed E-state index contributed by atoms with van der Waals surface area (Å²) < 4.78 is 47.3. The first-order valence-corrected chi connectivity index (χ1v) is 14.5. The van der Waals surface area contributed by atoms with Crippen LogP contribution in [-0.4, -0.2) is 49.9 Å². The van der Waals surface area contributed by atoms with E-state index in [-0.39, 0.29) is 34.8 Å². The van der Waals surface area contributed by atoms with Gasteiger partial charge in [0.25, 0.3) is 5.91 Å². The van der Waals surface area contributed by atoms with Crippen molar-refractivity contribution in [1.29, 1.82) is 0 Å². The number of fused-ring (bicyclic) bond motifs is 1. The van der Waals surface area contributed by atoms with Crippen molar-refractivity contribution in [2.24, 2.45) is 0 Å². The molecule has 12 heteroatoms. The van der Waals surface area contributed by atoms with E-state index in [0.29, 0.717) is 27.8 Å². The first kappa shape index (κ1) is 27.8. The van der Waals surface area contributed by atoms with E-state index in [4.69, 9.17) is 4.42 Å². The fourth-order valence-electron chi connectivity index (χ4n) is 4.93. The summed E-state index contributed by atoms with van der Waals surface area (Å²) in [5, 5.41) is 32.0. The molecule has 0 atom stereocenters. The SMILES string of the molecule is CNC(=O)c1c(-c2ccc(F)cc2)oc2cc(N(Cc3ccc(B(O)O)c(CO)c3)S(C)(=O)=O)c(C3CC3)cc12. The topological polar surface area (TPSA) is 140 Å². The number of halogens is 1. The zero-order valence-corrected chi connectivity index (χ0v) is 22.7. The van der Waals surface area contributed by atoms with Crippen LogP contribution < -0.4 is 15.1 Å². The summed E-state index contributed by atoms with van der Waals surface area (Å²) in [5.41, 5.74) is 3.13. The molecule has 1 heterocycles. The Kier molecular flexibility index (Phi) is 7.45. The van der Waals surface area contributed by atoms with Crippen molar-refractivity contribution in [3.05, 3.63) is 82.7 Å². The van der Waals surface area contributed by atoms with Gasteiger partial charge in [0.05, 0.1) is 30.7 Å². The van der Waals surface area contributed by atoms with Crippen LogP contribution in [0.3, 0.4) is 0 Å².